The van der Waals surface area contributed by atoms with E-state index in [4.69, 9.17) is 5.73 Å². The number of aromatic nitrogens is 1. The first-order valence-corrected chi connectivity index (χ1v) is 6.73. The fourth-order valence-corrected chi connectivity index (χ4v) is 3.42. The van der Waals surface area contributed by atoms with Crippen molar-refractivity contribution < 1.29 is 0 Å². The van der Waals surface area contributed by atoms with Gasteiger partial charge in [-0.2, -0.15) is 11.8 Å². The number of hydrogen-bond donors (Lipinski definition) is 1. The molecule has 1 atom stereocenters. The van der Waals surface area contributed by atoms with Gasteiger partial charge < -0.3 is 10.6 Å². The molecule has 78 valence electrons. The highest BCUT2D eigenvalue weighted by Gasteiger charge is 2.18. The molecule has 1 aromatic rings. The number of nitrogens with two attached hydrogens (primary N) is 1. The summed E-state index contributed by atoms with van der Waals surface area (Å²) in [7, 11) is 0. The van der Waals surface area contributed by atoms with Gasteiger partial charge in [-0.15, -0.1) is 11.3 Å². The van der Waals surface area contributed by atoms with Crippen molar-refractivity contribution in [2.75, 3.05) is 23.7 Å². The molecule has 3 nitrogen and oxygen atoms in total. The molecule has 0 aromatic carbocycles. The number of thioether (sulfide) groups is 1. The Hall–Kier alpha value is -0.260. The van der Waals surface area contributed by atoms with Crippen LogP contribution >= 0.6 is 23.1 Å². The second kappa shape index (κ2) is 4.51. The molecule has 1 aromatic heterocycles. The third kappa shape index (κ3) is 2.21. The maximum absolute atomic E-state index is 5.54. The van der Waals surface area contributed by atoms with E-state index in [1.165, 1.54) is 5.75 Å². The zero-order chi connectivity index (χ0) is 9.97. The summed E-state index contributed by atoms with van der Waals surface area (Å²) in [6.45, 7) is 5.05. The third-order valence-corrected chi connectivity index (χ3v) is 4.35. The van der Waals surface area contributed by atoms with Gasteiger partial charge in [0.05, 0.1) is 5.69 Å². The molecule has 0 bridgehead atoms. The molecular weight excluding hydrogens is 214 g/mol. The fraction of sp³-hybridized carbons (Fsp3) is 0.667. The van der Waals surface area contributed by atoms with E-state index in [0.29, 0.717) is 11.8 Å². The van der Waals surface area contributed by atoms with Gasteiger partial charge in [0, 0.05) is 36.0 Å². The van der Waals surface area contributed by atoms with Gasteiger partial charge >= 0.3 is 0 Å². The quantitative estimate of drug-likeness (QED) is 0.835. The Morgan fingerprint density at radius 2 is 2.57 bits per heavy atom. The second-order valence-corrected chi connectivity index (χ2v) is 5.84. The molecule has 0 spiro atoms. The molecule has 1 unspecified atom stereocenters. The Labute approximate surface area is 92.7 Å². The zero-order valence-corrected chi connectivity index (χ0v) is 9.90. The average molecular weight is 229 g/mol. The summed E-state index contributed by atoms with van der Waals surface area (Å²) < 4.78 is 0. The molecule has 2 heterocycles. The van der Waals surface area contributed by atoms with Crippen LogP contribution in [0.1, 0.15) is 12.6 Å². The predicted molar refractivity (Wildman–Crippen MR) is 64.1 cm³/mol. The van der Waals surface area contributed by atoms with Gasteiger partial charge in [0.15, 0.2) is 5.13 Å². The van der Waals surface area contributed by atoms with Gasteiger partial charge in [-0.1, -0.05) is 6.92 Å². The molecule has 0 radical (unpaired) electrons. The second-order valence-electron chi connectivity index (χ2n) is 3.45. The smallest absolute Gasteiger partial charge is 0.185 e. The van der Waals surface area contributed by atoms with Crippen molar-refractivity contribution in [2.24, 2.45) is 5.73 Å². The van der Waals surface area contributed by atoms with Gasteiger partial charge in [0.25, 0.3) is 0 Å². The Morgan fingerprint density at radius 3 is 3.21 bits per heavy atom. The summed E-state index contributed by atoms with van der Waals surface area (Å²) in [6, 6.07) is 0. The minimum Gasteiger partial charge on any atom is -0.346 e. The molecule has 1 aliphatic heterocycles. The minimum absolute atomic E-state index is 0.550. The molecule has 1 saturated heterocycles. The first-order chi connectivity index (χ1) is 6.79. The molecule has 2 rings (SSSR count). The van der Waals surface area contributed by atoms with E-state index in [-0.39, 0.29) is 0 Å². The van der Waals surface area contributed by atoms with Crippen molar-refractivity contribution in [3.05, 3.63) is 11.1 Å². The first-order valence-electron chi connectivity index (χ1n) is 4.80. The van der Waals surface area contributed by atoms with Gasteiger partial charge in [-0.3, -0.25) is 0 Å². The van der Waals surface area contributed by atoms with E-state index in [2.05, 4.69) is 22.2 Å². The van der Waals surface area contributed by atoms with Gasteiger partial charge in [-0.25, -0.2) is 4.98 Å². The first kappa shape index (κ1) is 10.3. The van der Waals surface area contributed by atoms with Crippen molar-refractivity contribution in [1.29, 1.82) is 0 Å². The molecular formula is C9H15N3S2. The lowest BCUT2D eigenvalue weighted by Gasteiger charge is -2.30. The summed E-state index contributed by atoms with van der Waals surface area (Å²) in [5, 5.41) is 3.91. The number of thiazole rings is 1. The lowest BCUT2D eigenvalue weighted by Crippen LogP contribution is -2.36. The average Bonchev–Trinajstić information content (AvgIpc) is 2.66. The highest BCUT2D eigenvalue weighted by molar-refractivity contribution is 8.00. The number of hydrogen-bond acceptors (Lipinski definition) is 5. The number of rotatable bonds is 2. The van der Waals surface area contributed by atoms with Crippen LogP contribution in [0.5, 0.6) is 0 Å². The molecule has 14 heavy (non-hydrogen) atoms. The number of nitrogens with zero attached hydrogens (tertiary/aromatic N) is 2. The Morgan fingerprint density at radius 1 is 1.71 bits per heavy atom. The van der Waals surface area contributed by atoms with E-state index < -0.39 is 0 Å². The van der Waals surface area contributed by atoms with E-state index in [1.54, 1.807) is 11.3 Å². The van der Waals surface area contributed by atoms with E-state index in [1.807, 2.05) is 11.8 Å². The Balaban J connectivity index is 2.06. The molecule has 0 saturated carbocycles. The van der Waals surface area contributed by atoms with E-state index >= 15 is 0 Å². The molecule has 1 fully saturated rings. The fourth-order valence-electron chi connectivity index (χ4n) is 1.53. The normalized spacial score (nSPS) is 22.7. The van der Waals surface area contributed by atoms with Crippen LogP contribution in [-0.2, 0) is 6.54 Å². The summed E-state index contributed by atoms with van der Waals surface area (Å²) in [5.74, 6) is 1.21. The summed E-state index contributed by atoms with van der Waals surface area (Å²) in [5.41, 5.74) is 6.55. The predicted octanol–water partition coefficient (Wildman–Crippen LogP) is 1.54. The van der Waals surface area contributed by atoms with Crippen LogP contribution in [0.25, 0.3) is 0 Å². The van der Waals surface area contributed by atoms with Crippen LogP contribution < -0.4 is 10.6 Å². The molecule has 0 amide bonds. The van der Waals surface area contributed by atoms with Crippen molar-refractivity contribution >= 4 is 28.2 Å². The van der Waals surface area contributed by atoms with Crippen LogP contribution in [0.3, 0.4) is 0 Å². The third-order valence-electron chi connectivity index (χ3n) is 2.26. The van der Waals surface area contributed by atoms with Crippen LogP contribution in [0.4, 0.5) is 5.13 Å². The molecule has 2 N–H and O–H groups in total. The van der Waals surface area contributed by atoms with E-state index in [0.717, 1.165) is 23.9 Å². The topological polar surface area (TPSA) is 42.2 Å². The van der Waals surface area contributed by atoms with Crippen molar-refractivity contribution in [1.82, 2.24) is 4.98 Å². The highest BCUT2D eigenvalue weighted by Crippen LogP contribution is 2.26. The van der Waals surface area contributed by atoms with Crippen LogP contribution in [0.15, 0.2) is 5.38 Å². The SMILES string of the molecule is CC1CN(c2nc(CN)cs2)CCS1. The number of anilines is 1. The van der Waals surface area contributed by atoms with Crippen LogP contribution in [0, 0.1) is 0 Å². The van der Waals surface area contributed by atoms with Crippen LogP contribution in [0.2, 0.25) is 0 Å². The molecule has 1 aliphatic rings. The maximum Gasteiger partial charge on any atom is 0.185 e. The monoisotopic (exact) mass is 229 g/mol. The van der Waals surface area contributed by atoms with Crippen molar-refractivity contribution in [3.8, 4) is 0 Å². The van der Waals surface area contributed by atoms with Gasteiger partial charge in [-0.05, 0) is 0 Å². The van der Waals surface area contributed by atoms with E-state index in [9.17, 15) is 0 Å². The van der Waals surface area contributed by atoms with Gasteiger partial charge in [0.1, 0.15) is 0 Å². The summed E-state index contributed by atoms with van der Waals surface area (Å²) in [4.78, 5) is 6.86. The minimum atomic E-state index is 0.550. The lowest BCUT2D eigenvalue weighted by atomic mass is 10.4. The summed E-state index contributed by atoms with van der Waals surface area (Å²) in [6.07, 6.45) is 0. The highest BCUT2D eigenvalue weighted by atomic mass is 32.2. The molecule has 0 aliphatic carbocycles. The standard InChI is InChI=1S/C9H15N3S2/c1-7-5-12(2-3-13-7)9-11-8(4-10)6-14-9/h6-7H,2-5,10H2,1H3. The van der Waals surface area contributed by atoms with Gasteiger partial charge in [0.2, 0.25) is 0 Å². The van der Waals surface area contributed by atoms with Crippen LogP contribution in [-0.4, -0.2) is 29.1 Å². The summed E-state index contributed by atoms with van der Waals surface area (Å²) >= 11 is 3.75. The van der Waals surface area contributed by atoms with Crippen molar-refractivity contribution in [2.45, 2.75) is 18.7 Å². The Bertz CT molecular complexity index is 300. The maximum atomic E-state index is 5.54. The molecule has 5 heteroatoms. The Kier molecular flexibility index (Phi) is 3.30. The zero-order valence-electron chi connectivity index (χ0n) is 8.27. The van der Waals surface area contributed by atoms with Crippen molar-refractivity contribution in [3.63, 3.8) is 0 Å². The lowest BCUT2D eigenvalue weighted by molar-refractivity contribution is 0.776. The largest absolute Gasteiger partial charge is 0.346 e.